The van der Waals surface area contributed by atoms with Crippen molar-refractivity contribution in [2.24, 2.45) is 0 Å². The number of hydrogen-bond acceptors (Lipinski definition) is 5. The minimum absolute atomic E-state index is 0.126. The lowest BCUT2D eigenvalue weighted by molar-refractivity contribution is 0.414. The van der Waals surface area contributed by atoms with E-state index >= 15 is 0 Å². The zero-order valence-corrected chi connectivity index (χ0v) is 12.2. The third-order valence-electron chi connectivity index (χ3n) is 2.98. The van der Waals surface area contributed by atoms with Crippen LogP contribution in [-0.2, 0) is 0 Å². The molecule has 0 spiro atoms. The molecule has 0 N–H and O–H groups in total. The summed E-state index contributed by atoms with van der Waals surface area (Å²) in [4.78, 5) is 12.7. The van der Waals surface area contributed by atoms with E-state index in [9.17, 15) is 0 Å². The van der Waals surface area contributed by atoms with Crippen LogP contribution in [0.1, 0.15) is 5.56 Å². The average Bonchev–Trinajstić information content (AvgIpc) is 3.00. The van der Waals surface area contributed by atoms with Gasteiger partial charge in [-0.3, -0.25) is 0 Å². The van der Waals surface area contributed by atoms with Gasteiger partial charge in [0.2, 0.25) is 5.28 Å². The molecule has 3 rings (SSSR count). The molecular formula is C14H12ClN5O. The van der Waals surface area contributed by atoms with Gasteiger partial charge in [-0.2, -0.15) is 20.1 Å². The van der Waals surface area contributed by atoms with Crippen molar-refractivity contribution in [3.05, 3.63) is 47.5 Å². The Morgan fingerprint density at radius 2 is 2.05 bits per heavy atom. The molecule has 0 radical (unpaired) electrons. The van der Waals surface area contributed by atoms with Crippen LogP contribution in [0.3, 0.4) is 0 Å². The summed E-state index contributed by atoms with van der Waals surface area (Å²) < 4.78 is 6.74. The summed E-state index contributed by atoms with van der Waals surface area (Å²) >= 11 is 6.00. The summed E-state index contributed by atoms with van der Waals surface area (Å²) in [5.41, 5.74) is 1.86. The highest BCUT2D eigenvalue weighted by Gasteiger charge is 2.11. The van der Waals surface area contributed by atoms with Crippen molar-refractivity contribution < 1.29 is 4.74 Å². The molecule has 0 bridgehead atoms. The van der Waals surface area contributed by atoms with Crippen LogP contribution in [0.2, 0.25) is 5.28 Å². The van der Waals surface area contributed by atoms with Gasteiger partial charge in [-0.05, 0) is 48.4 Å². The molecule has 0 atom stereocenters. The lowest BCUT2D eigenvalue weighted by atomic mass is 10.1. The van der Waals surface area contributed by atoms with Gasteiger partial charge in [-0.15, -0.1) is 0 Å². The molecule has 2 heterocycles. The van der Waals surface area contributed by atoms with Crippen LogP contribution >= 0.6 is 11.6 Å². The number of rotatable bonds is 3. The Morgan fingerprint density at radius 1 is 1.19 bits per heavy atom. The third kappa shape index (κ3) is 2.71. The standard InChI is InChI=1S/C14H12ClN5O/c1-9-8-10(21-2)4-5-11(9)12-17-13(15)19-14(18-12)20-7-3-6-16-20/h3-8H,1-2H3. The van der Waals surface area contributed by atoms with Gasteiger partial charge in [0.1, 0.15) is 5.75 Å². The first-order chi connectivity index (χ1) is 10.2. The van der Waals surface area contributed by atoms with Crippen molar-refractivity contribution in [3.8, 4) is 23.1 Å². The first kappa shape index (κ1) is 13.5. The normalized spacial score (nSPS) is 10.6. The molecule has 2 aromatic heterocycles. The van der Waals surface area contributed by atoms with E-state index in [0.29, 0.717) is 11.8 Å². The third-order valence-corrected chi connectivity index (χ3v) is 3.15. The number of aromatic nitrogens is 5. The Balaban J connectivity index is 2.10. The van der Waals surface area contributed by atoms with Crippen LogP contribution < -0.4 is 4.74 Å². The zero-order valence-electron chi connectivity index (χ0n) is 11.5. The fraction of sp³-hybridized carbons (Fsp3) is 0.143. The molecule has 1 aromatic carbocycles. The van der Waals surface area contributed by atoms with Crippen LogP contribution in [0, 0.1) is 6.92 Å². The molecule has 0 aliphatic carbocycles. The Hall–Kier alpha value is -2.47. The fourth-order valence-electron chi connectivity index (χ4n) is 1.96. The van der Waals surface area contributed by atoms with Crippen LogP contribution in [-0.4, -0.2) is 31.8 Å². The fourth-order valence-corrected chi connectivity index (χ4v) is 2.12. The van der Waals surface area contributed by atoms with Crippen molar-refractivity contribution in [1.82, 2.24) is 24.7 Å². The molecule has 7 heteroatoms. The molecule has 0 unspecified atom stereocenters. The monoisotopic (exact) mass is 301 g/mol. The Bertz CT molecular complexity index is 773. The molecule has 0 fully saturated rings. The number of aryl methyl sites for hydroxylation is 1. The number of halogens is 1. The maximum atomic E-state index is 6.00. The summed E-state index contributed by atoms with van der Waals surface area (Å²) in [5.74, 6) is 1.66. The Labute approximate surface area is 126 Å². The average molecular weight is 302 g/mol. The van der Waals surface area contributed by atoms with Gasteiger partial charge in [0.05, 0.1) is 7.11 Å². The molecule has 0 aliphatic rings. The molecule has 21 heavy (non-hydrogen) atoms. The molecular weight excluding hydrogens is 290 g/mol. The minimum atomic E-state index is 0.126. The second-order valence-corrected chi connectivity index (χ2v) is 4.70. The topological polar surface area (TPSA) is 65.7 Å². The summed E-state index contributed by atoms with van der Waals surface area (Å²) in [6, 6.07) is 7.46. The molecule has 0 saturated heterocycles. The summed E-state index contributed by atoms with van der Waals surface area (Å²) in [7, 11) is 1.63. The van der Waals surface area contributed by atoms with E-state index in [1.165, 1.54) is 4.68 Å². The molecule has 106 valence electrons. The van der Waals surface area contributed by atoms with E-state index in [1.807, 2.05) is 25.1 Å². The van der Waals surface area contributed by atoms with Crippen molar-refractivity contribution in [1.29, 1.82) is 0 Å². The maximum Gasteiger partial charge on any atom is 0.255 e. The van der Waals surface area contributed by atoms with Gasteiger partial charge >= 0.3 is 0 Å². The van der Waals surface area contributed by atoms with Crippen molar-refractivity contribution in [2.75, 3.05) is 7.11 Å². The SMILES string of the molecule is COc1ccc(-c2nc(Cl)nc(-n3cccn3)n2)c(C)c1. The largest absolute Gasteiger partial charge is 0.497 e. The molecule has 0 saturated carbocycles. The Kier molecular flexibility index (Phi) is 3.53. The predicted molar refractivity (Wildman–Crippen MR) is 78.7 cm³/mol. The van der Waals surface area contributed by atoms with E-state index in [1.54, 1.807) is 25.6 Å². The molecule has 6 nitrogen and oxygen atoms in total. The van der Waals surface area contributed by atoms with Gasteiger partial charge in [-0.25, -0.2) is 4.68 Å². The van der Waals surface area contributed by atoms with Crippen LogP contribution in [0.5, 0.6) is 5.75 Å². The highest BCUT2D eigenvalue weighted by Crippen LogP contribution is 2.25. The van der Waals surface area contributed by atoms with Crippen LogP contribution in [0.25, 0.3) is 17.3 Å². The molecule has 0 amide bonds. The number of hydrogen-bond donors (Lipinski definition) is 0. The van der Waals surface area contributed by atoms with Crippen LogP contribution in [0.15, 0.2) is 36.7 Å². The minimum Gasteiger partial charge on any atom is -0.497 e. The highest BCUT2D eigenvalue weighted by atomic mass is 35.5. The molecule has 3 aromatic rings. The van der Waals surface area contributed by atoms with Gasteiger partial charge in [-0.1, -0.05) is 0 Å². The second kappa shape index (κ2) is 5.49. The van der Waals surface area contributed by atoms with E-state index in [0.717, 1.165) is 16.9 Å². The number of nitrogens with zero attached hydrogens (tertiary/aromatic N) is 5. The van der Waals surface area contributed by atoms with Gasteiger partial charge in [0, 0.05) is 18.0 Å². The van der Waals surface area contributed by atoms with E-state index in [4.69, 9.17) is 16.3 Å². The first-order valence-corrected chi connectivity index (χ1v) is 6.62. The number of methoxy groups -OCH3 is 1. The zero-order chi connectivity index (χ0) is 14.8. The van der Waals surface area contributed by atoms with Crippen LogP contribution in [0.4, 0.5) is 0 Å². The lowest BCUT2D eigenvalue weighted by Gasteiger charge is -2.08. The Morgan fingerprint density at radius 3 is 2.71 bits per heavy atom. The lowest BCUT2D eigenvalue weighted by Crippen LogP contribution is -2.05. The van der Waals surface area contributed by atoms with E-state index in [-0.39, 0.29) is 5.28 Å². The van der Waals surface area contributed by atoms with E-state index < -0.39 is 0 Å². The van der Waals surface area contributed by atoms with Gasteiger partial charge in [0.25, 0.3) is 5.95 Å². The second-order valence-electron chi connectivity index (χ2n) is 4.36. The summed E-state index contributed by atoms with van der Waals surface area (Å²) in [6.45, 7) is 1.96. The summed E-state index contributed by atoms with van der Waals surface area (Å²) in [5, 5.41) is 4.22. The summed E-state index contributed by atoms with van der Waals surface area (Å²) in [6.07, 6.45) is 3.40. The van der Waals surface area contributed by atoms with Crippen molar-refractivity contribution in [2.45, 2.75) is 6.92 Å². The number of ether oxygens (including phenoxy) is 1. The van der Waals surface area contributed by atoms with Crippen molar-refractivity contribution >= 4 is 11.6 Å². The first-order valence-electron chi connectivity index (χ1n) is 6.24. The molecule has 0 aliphatic heterocycles. The van der Waals surface area contributed by atoms with Crippen molar-refractivity contribution in [3.63, 3.8) is 0 Å². The predicted octanol–water partition coefficient (Wildman–Crippen LogP) is 2.69. The van der Waals surface area contributed by atoms with Gasteiger partial charge < -0.3 is 4.74 Å². The smallest absolute Gasteiger partial charge is 0.255 e. The van der Waals surface area contributed by atoms with Gasteiger partial charge in [0.15, 0.2) is 5.82 Å². The number of benzene rings is 1. The highest BCUT2D eigenvalue weighted by molar-refractivity contribution is 6.28. The maximum absolute atomic E-state index is 6.00. The quantitative estimate of drug-likeness (QED) is 0.744. The van der Waals surface area contributed by atoms with E-state index in [2.05, 4.69) is 20.1 Å².